The van der Waals surface area contributed by atoms with Gasteiger partial charge in [-0.05, 0) is 13.3 Å². The molecule has 0 saturated heterocycles. The average Bonchev–Trinajstić information content (AvgIpc) is 2.55. The largest absolute Gasteiger partial charge is 0.372 e. The monoisotopic (exact) mass is 197 g/mol. The van der Waals surface area contributed by atoms with Gasteiger partial charge in [-0.1, -0.05) is 6.92 Å². The Morgan fingerprint density at radius 2 is 2.36 bits per heavy atom. The Hall–Kier alpha value is -0.870. The Bertz CT molecular complexity index is 283. The number of ether oxygens (including phenoxy) is 1. The van der Waals surface area contributed by atoms with Crippen LogP contribution in [0.5, 0.6) is 0 Å². The molecule has 4 nitrogen and oxygen atoms in total. The van der Waals surface area contributed by atoms with Crippen LogP contribution in [0.2, 0.25) is 0 Å². The number of aromatic nitrogens is 2. The standard InChI is InChI=1S/C10H19N3O/c1-4-8(2)14-7-10-9(5-11)6-12-13(10)3/h6,8H,4-5,7,11H2,1-3H3/t8-/m1/s1. The van der Waals surface area contributed by atoms with Crippen LogP contribution in [0.15, 0.2) is 6.20 Å². The second kappa shape index (κ2) is 5.12. The van der Waals surface area contributed by atoms with Crippen LogP contribution in [0.25, 0.3) is 0 Å². The van der Waals surface area contributed by atoms with Gasteiger partial charge in [0.05, 0.1) is 24.6 Å². The summed E-state index contributed by atoms with van der Waals surface area (Å²) in [7, 11) is 1.91. The van der Waals surface area contributed by atoms with Crippen molar-refractivity contribution >= 4 is 0 Å². The van der Waals surface area contributed by atoms with Crippen LogP contribution in [0.3, 0.4) is 0 Å². The molecule has 14 heavy (non-hydrogen) atoms. The lowest BCUT2D eigenvalue weighted by Crippen LogP contribution is -2.11. The third-order valence-electron chi connectivity index (χ3n) is 2.45. The first-order valence-corrected chi connectivity index (χ1v) is 5.00. The SMILES string of the molecule is CC[C@@H](C)OCc1c(CN)cnn1C. The van der Waals surface area contributed by atoms with Gasteiger partial charge in [-0.3, -0.25) is 4.68 Å². The molecule has 0 radical (unpaired) electrons. The van der Waals surface area contributed by atoms with Crippen LogP contribution in [-0.4, -0.2) is 15.9 Å². The Balaban J connectivity index is 2.60. The number of aryl methyl sites for hydroxylation is 1. The third kappa shape index (κ3) is 2.56. The highest BCUT2D eigenvalue weighted by Gasteiger charge is 2.08. The lowest BCUT2D eigenvalue weighted by atomic mass is 10.2. The number of hydrogen-bond acceptors (Lipinski definition) is 3. The van der Waals surface area contributed by atoms with E-state index >= 15 is 0 Å². The van der Waals surface area contributed by atoms with E-state index in [1.54, 1.807) is 6.20 Å². The Labute approximate surface area is 85.0 Å². The molecule has 4 heteroatoms. The first-order valence-electron chi connectivity index (χ1n) is 5.00. The molecular weight excluding hydrogens is 178 g/mol. The predicted molar refractivity (Wildman–Crippen MR) is 55.6 cm³/mol. The normalized spacial score (nSPS) is 13.1. The molecule has 0 aliphatic heterocycles. The van der Waals surface area contributed by atoms with Gasteiger partial charge >= 0.3 is 0 Å². The fourth-order valence-corrected chi connectivity index (χ4v) is 1.20. The van der Waals surface area contributed by atoms with Gasteiger partial charge in [0, 0.05) is 19.2 Å². The lowest BCUT2D eigenvalue weighted by Gasteiger charge is -2.11. The molecule has 0 aliphatic rings. The molecule has 1 aromatic rings. The lowest BCUT2D eigenvalue weighted by molar-refractivity contribution is 0.0467. The highest BCUT2D eigenvalue weighted by atomic mass is 16.5. The first-order chi connectivity index (χ1) is 6.69. The molecule has 0 spiro atoms. The Morgan fingerprint density at radius 1 is 1.64 bits per heavy atom. The van der Waals surface area contributed by atoms with E-state index < -0.39 is 0 Å². The van der Waals surface area contributed by atoms with Gasteiger partial charge < -0.3 is 10.5 Å². The maximum Gasteiger partial charge on any atom is 0.0891 e. The Kier molecular flexibility index (Phi) is 4.10. The van der Waals surface area contributed by atoms with Crippen LogP contribution in [0.1, 0.15) is 31.5 Å². The van der Waals surface area contributed by atoms with E-state index in [1.165, 1.54) is 0 Å². The highest BCUT2D eigenvalue weighted by Crippen LogP contribution is 2.10. The predicted octanol–water partition coefficient (Wildman–Crippen LogP) is 1.19. The quantitative estimate of drug-likeness (QED) is 0.771. The molecule has 1 rings (SSSR count). The topological polar surface area (TPSA) is 53.1 Å². The molecule has 0 amide bonds. The molecule has 80 valence electrons. The summed E-state index contributed by atoms with van der Waals surface area (Å²) in [5, 5.41) is 4.15. The molecule has 1 aromatic heterocycles. The third-order valence-corrected chi connectivity index (χ3v) is 2.45. The van der Waals surface area contributed by atoms with Crippen LogP contribution < -0.4 is 5.73 Å². The van der Waals surface area contributed by atoms with Crippen molar-refractivity contribution in [2.24, 2.45) is 12.8 Å². The second-order valence-electron chi connectivity index (χ2n) is 3.47. The Morgan fingerprint density at radius 3 is 2.93 bits per heavy atom. The van der Waals surface area contributed by atoms with Crippen LogP contribution in [0.4, 0.5) is 0 Å². The summed E-state index contributed by atoms with van der Waals surface area (Å²) in [5.41, 5.74) is 7.74. The van der Waals surface area contributed by atoms with Crippen LogP contribution in [0, 0.1) is 0 Å². The molecule has 0 bridgehead atoms. The summed E-state index contributed by atoms with van der Waals surface area (Å²) in [6, 6.07) is 0. The fraction of sp³-hybridized carbons (Fsp3) is 0.700. The van der Waals surface area contributed by atoms with Crippen LogP contribution >= 0.6 is 0 Å². The number of nitrogens with two attached hydrogens (primary N) is 1. The molecule has 0 unspecified atom stereocenters. The van der Waals surface area contributed by atoms with E-state index in [4.69, 9.17) is 10.5 Å². The summed E-state index contributed by atoms with van der Waals surface area (Å²) in [6.45, 7) is 5.29. The summed E-state index contributed by atoms with van der Waals surface area (Å²) in [4.78, 5) is 0. The van der Waals surface area contributed by atoms with Crippen LogP contribution in [-0.2, 0) is 24.9 Å². The van der Waals surface area contributed by atoms with Gasteiger partial charge in [0.15, 0.2) is 0 Å². The molecular formula is C10H19N3O. The van der Waals surface area contributed by atoms with Crippen molar-refractivity contribution in [2.45, 2.75) is 39.5 Å². The molecule has 1 atom stereocenters. The molecule has 0 aliphatic carbocycles. The average molecular weight is 197 g/mol. The van der Waals surface area contributed by atoms with Crippen molar-refractivity contribution < 1.29 is 4.74 Å². The maximum absolute atomic E-state index is 5.64. The summed E-state index contributed by atoms with van der Waals surface area (Å²) in [6.07, 6.45) is 3.11. The summed E-state index contributed by atoms with van der Waals surface area (Å²) >= 11 is 0. The van der Waals surface area contributed by atoms with Gasteiger partial charge in [-0.25, -0.2) is 0 Å². The van der Waals surface area contributed by atoms with Crippen molar-refractivity contribution in [3.8, 4) is 0 Å². The second-order valence-corrected chi connectivity index (χ2v) is 3.47. The van der Waals surface area contributed by atoms with Crippen molar-refractivity contribution in [3.05, 3.63) is 17.5 Å². The zero-order valence-electron chi connectivity index (χ0n) is 9.16. The molecule has 1 heterocycles. The zero-order valence-corrected chi connectivity index (χ0v) is 9.16. The van der Waals surface area contributed by atoms with Crippen molar-refractivity contribution in [1.29, 1.82) is 0 Å². The smallest absolute Gasteiger partial charge is 0.0891 e. The van der Waals surface area contributed by atoms with Gasteiger partial charge in [0.2, 0.25) is 0 Å². The fourth-order valence-electron chi connectivity index (χ4n) is 1.20. The minimum atomic E-state index is 0.288. The van der Waals surface area contributed by atoms with E-state index in [0.29, 0.717) is 13.2 Å². The summed E-state index contributed by atoms with van der Waals surface area (Å²) < 4.78 is 7.47. The molecule has 2 N–H and O–H groups in total. The summed E-state index contributed by atoms with van der Waals surface area (Å²) in [5.74, 6) is 0. The van der Waals surface area contributed by atoms with Crippen molar-refractivity contribution in [3.63, 3.8) is 0 Å². The van der Waals surface area contributed by atoms with E-state index in [0.717, 1.165) is 17.7 Å². The maximum atomic E-state index is 5.64. The van der Waals surface area contributed by atoms with E-state index in [2.05, 4.69) is 18.9 Å². The molecule has 0 fully saturated rings. The zero-order chi connectivity index (χ0) is 10.6. The van der Waals surface area contributed by atoms with E-state index in [-0.39, 0.29) is 6.10 Å². The number of hydrogen-bond donors (Lipinski definition) is 1. The van der Waals surface area contributed by atoms with Crippen molar-refractivity contribution in [1.82, 2.24) is 9.78 Å². The van der Waals surface area contributed by atoms with Crippen molar-refractivity contribution in [2.75, 3.05) is 0 Å². The van der Waals surface area contributed by atoms with Gasteiger partial charge in [0.25, 0.3) is 0 Å². The number of nitrogens with zero attached hydrogens (tertiary/aromatic N) is 2. The minimum absolute atomic E-state index is 0.288. The highest BCUT2D eigenvalue weighted by molar-refractivity contribution is 5.16. The number of rotatable bonds is 5. The van der Waals surface area contributed by atoms with E-state index in [9.17, 15) is 0 Å². The minimum Gasteiger partial charge on any atom is -0.372 e. The van der Waals surface area contributed by atoms with Gasteiger partial charge in [-0.15, -0.1) is 0 Å². The molecule has 0 saturated carbocycles. The first kappa shape index (κ1) is 11.2. The molecule has 0 aromatic carbocycles. The van der Waals surface area contributed by atoms with Gasteiger partial charge in [-0.2, -0.15) is 5.10 Å². The van der Waals surface area contributed by atoms with Gasteiger partial charge in [0.1, 0.15) is 0 Å². The van der Waals surface area contributed by atoms with E-state index in [1.807, 2.05) is 11.7 Å².